The Morgan fingerprint density at radius 2 is 2.50 bits per heavy atom. The zero-order chi connectivity index (χ0) is 8.55. The van der Waals surface area contributed by atoms with E-state index in [1.807, 2.05) is 6.08 Å². The molecule has 0 saturated carbocycles. The molecule has 1 aliphatic carbocycles. The average Bonchev–Trinajstić information content (AvgIpc) is 2.61. The fraction of sp³-hybridized carbons (Fsp3) is 0.300. The van der Waals surface area contributed by atoms with E-state index in [1.165, 1.54) is 15.3 Å². The molecule has 1 aromatic heterocycles. The molecular formula is C10H9NS. The Morgan fingerprint density at radius 1 is 1.67 bits per heavy atom. The van der Waals surface area contributed by atoms with Crippen molar-refractivity contribution >= 4 is 16.9 Å². The van der Waals surface area contributed by atoms with Gasteiger partial charge < -0.3 is 0 Å². The van der Waals surface area contributed by atoms with Crippen LogP contribution in [-0.4, -0.2) is 0 Å². The van der Waals surface area contributed by atoms with Crippen LogP contribution in [0.4, 0.5) is 0 Å². The lowest BCUT2D eigenvalue weighted by molar-refractivity contribution is 1.18. The quantitative estimate of drug-likeness (QED) is 0.643. The Balaban J connectivity index is 2.47. The Hall–Kier alpha value is -1.07. The first-order valence-electron chi connectivity index (χ1n) is 4.07. The van der Waals surface area contributed by atoms with E-state index < -0.39 is 0 Å². The van der Waals surface area contributed by atoms with E-state index in [9.17, 15) is 0 Å². The highest BCUT2D eigenvalue weighted by Gasteiger charge is 2.16. The highest BCUT2D eigenvalue weighted by molar-refractivity contribution is 7.13. The van der Waals surface area contributed by atoms with Gasteiger partial charge in [0.25, 0.3) is 0 Å². The summed E-state index contributed by atoms with van der Waals surface area (Å²) in [5, 5.41) is 8.78. The fourth-order valence-electron chi connectivity index (χ4n) is 1.44. The molecule has 2 rings (SSSR count). The maximum Gasteiger partial charge on any atom is 0.100 e. The summed E-state index contributed by atoms with van der Waals surface area (Å²) in [5.41, 5.74) is 2.21. The van der Waals surface area contributed by atoms with Crippen LogP contribution in [0.3, 0.4) is 0 Å². The summed E-state index contributed by atoms with van der Waals surface area (Å²) in [6, 6.07) is 4.45. The number of rotatable bonds is 1. The first-order chi connectivity index (χ1) is 5.85. The highest BCUT2D eigenvalue weighted by atomic mass is 32.1. The van der Waals surface area contributed by atoms with Gasteiger partial charge in [-0.15, -0.1) is 11.3 Å². The molecule has 0 amide bonds. The lowest BCUT2D eigenvalue weighted by atomic mass is 10.2. The standard InChI is InChI=1S/C10H9NS/c1-2-9-5-7-3-4-8(6-11)10(7)12-9/h4-5H,2-3H2,1H3. The van der Waals surface area contributed by atoms with Crippen LogP contribution in [-0.2, 0) is 12.8 Å². The topological polar surface area (TPSA) is 23.8 Å². The van der Waals surface area contributed by atoms with Crippen molar-refractivity contribution in [1.29, 1.82) is 5.26 Å². The zero-order valence-electron chi connectivity index (χ0n) is 6.92. The summed E-state index contributed by atoms with van der Waals surface area (Å²) < 4.78 is 0. The normalized spacial score (nSPS) is 13.8. The minimum absolute atomic E-state index is 0.870. The molecule has 0 aliphatic heterocycles. The van der Waals surface area contributed by atoms with E-state index in [2.05, 4.69) is 19.1 Å². The second-order valence-corrected chi connectivity index (χ2v) is 3.99. The summed E-state index contributed by atoms with van der Waals surface area (Å²) in [5.74, 6) is 0. The van der Waals surface area contributed by atoms with Crippen molar-refractivity contribution in [2.24, 2.45) is 0 Å². The molecule has 0 spiro atoms. The van der Waals surface area contributed by atoms with Crippen molar-refractivity contribution in [3.05, 3.63) is 27.5 Å². The number of fused-ring (bicyclic) bond motifs is 1. The van der Waals surface area contributed by atoms with Crippen molar-refractivity contribution < 1.29 is 0 Å². The lowest BCUT2D eigenvalue weighted by Crippen LogP contribution is -1.71. The van der Waals surface area contributed by atoms with Gasteiger partial charge in [0, 0.05) is 9.75 Å². The van der Waals surface area contributed by atoms with Gasteiger partial charge in [-0.05, 0) is 24.5 Å². The van der Waals surface area contributed by atoms with Gasteiger partial charge in [-0.2, -0.15) is 5.26 Å². The van der Waals surface area contributed by atoms with Crippen LogP contribution in [0.25, 0.3) is 5.57 Å². The van der Waals surface area contributed by atoms with Crippen LogP contribution in [0, 0.1) is 11.3 Å². The van der Waals surface area contributed by atoms with Crippen LogP contribution in [0.1, 0.15) is 22.2 Å². The summed E-state index contributed by atoms with van der Waals surface area (Å²) in [7, 11) is 0. The van der Waals surface area contributed by atoms with Crippen LogP contribution in [0.15, 0.2) is 12.1 Å². The lowest BCUT2D eigenvalue weighted by Gasteiger charge is -1.86. The van der Waals surface area contributed by atoms with Gasteiger partial charge in [0.15, 0.2) is 0 Å². The highest BCUT2D eigenvalue weighted by Crippen LogP contribution is 2.34. The second kappa shape index (κ2) is 2.76. The molecule has 1 aromatic rings. The number of hydrogen-bond donors (Lipinski definition) is 0. The van der Waals surface area contributed by atoms with Gasteiger partial charge in [-0.3, -0.25) is 0 Å². The predicted molar refractivity (Wildman–Crippen MR) is 51.0 cm³/mol. The number of nitriles is 1. The van der Waals surface area contributed by atoms with E-state index in [1.54, 1.807) is 11.3 Å². The number of nitrogens with zero attached hydrogens (tertiary/aromatic N) is 1. The molecule has 12 heavy (non-hydrogen) atoms. The van der Waals surface area contributed by atoms with Crippen molar-refractivity contribution in [3.8, 4) is 6.07 Å². The third kappa shape index (κ3) is 0.981. The molecule has 0 radical (unpaired) electrons. The monoisotopic (exact) mass is 175 g/mol. The number of thiophene rings is 1. The maximum absolute atomic E-state index is 8.78. The maximum atomic E-state index is 8.78. The number of allylic oxidation sites excluding steroid dienone is 2. The smallest absolute Gasteiger partial charge is 0.100 e. The summed E-state index contributed by atoms with van der Waals surface area (Å²) in [6.07, 6.45) is 4.05. The Morgan fingerprint density at radius 3 is 3.17 bits per heavy atom. The molecule has 2 heteroatoms. The third-order valence-electron chi connectivity index (χ3n) is 2.10. The summed E-state index contributed by atoms with van der Waals surface area (Å²) >= 11 is 1.76. The average molecular weight is 175 g/mol. The van der Waals surface area contributed by atoms with Gasteiger partial charge >= 0.3 is 0 Å². The van der Waals surface area contributed by atoms with Gasteiger partial charge in [0.05, 0.1) is 5.57 Å². The summed E-state index contributed by atoms with van der Waals surface area (Å²) in [4.78, 5) is 2.59. The SMILES string of the molecule is CCc1cc2c(s1)C(C#N)=CC2. The van der Waals surface area contributed by atoms with E-state index in [-0.39, 0.29) is 0 Å². The molecular weight excluding hydrogens is 166 g/mol. The molecule has 0 N–H and O–H groups in total. The Kier molecular flexibility index (Phi) is 1.74. The molecule has 0 fully saturated rings. The molecule has 0 unspecified atom stereocenters. The molecule has 1 heterocycles. The molecule has 0 saturated heterocycles. The third-order valence-corrected chi connectivity index (χ3v) is 3.45. The van der Waals surface area contributed by atoms with Crippen LogP contribution >= 0.6 is 11.3 Å². The van der Waals surface area contributed by atoms with Crippen molar-refractivity contribution in [2.75, 3.05) is 0 Å². The van der Waals surface area contributed by atoms with Crippen molar-refractivity contribution in [2.45, 2.75) is 19.8 Å². The zero-order valence-corrected chi connectivity index (χ0v) is 7.74. The van der Waals surface area contributed by atoms with E-state index >= 15 is 0 Å². The largest absolute Gasteiger partial charge is 0.192 e. The van der Waals surface area contributed by atoms with E-state index in [0.29, 0.717) is 0 Å². The molecule has 0 aromatic carbocycles. The summed E-state index contributed by atoms with van der Waals surface area (Å²) in [6.45, 7) is 2.15. The van der Waals surface area contributed by atoms with Crippen molar-refractivity contribution in [3.63, 3.8) is 0 Å². The minimum Gasteiger partial charge on any atom is -0.192 e. The molecule has 60 valence electrons. The van der Waals surface area contributed by atoms with Gasteiger partial charge in [0.2, 0.25) is 0 Å². The Bertz CT molecular complexity index is 379. The first kappa shape index (κ1) is 7.57. The minimum atomic E-state index is 0.870. The fourth-order valence-corrected chi connectivity index (χ4v) is 2.56. The van der Waals surface area contributed by atoms with Crippen LogP contribution in [0.2, 0.25) is 0 Å². The molecule has 1 aliphatic rings. The Labute approximate surface area is 76.0 Å². The first-order valence-corrected chi connectivity index (χ1v) is 4.89. The molecule has 1 nitrogen and oxygen atoms in total. The number of aryl methyl sites for hydroxylation is 1. The van der Waals surface area contributed by atoms with Crippen molar-refractivity contribution in [1.82, 2.24) is 0 Å². The van der Waals surface area contributed by atoms with E-state index in [4.69, 9.17) is 5.26 Å². The molecule has 0 bridgehead atoms. The number of hydrogen-bond acceptors (Lipinski definition) is 2. The predicted octanol–water partition coefficient (Wildman–Crippen LogP) is 2.77. The second-order valence-electron chi connectivity index (χ2n) is 2.85. The van der Waals surface area contributed by atoms with Gasteiger partial charge in [-0.1, -0.05) is 13.0 Å². The molecule has 0 atom stereocenters. The van der Waals surface area contributed by atoms with Crippen LogP contribution < -0.4 is 0 Å². The van der Waals surface area contributed by atoms with E-state index in [0.717, 1.165) is 18.4 Å². The van der Waals surface area contributed by atoms with Crippen LogP contribution in [0.5, 0.6) is 0 Å². The van der Waals surface area contributed by atoms with Gasteiger partial charge in [-0.25, -0.2) is 0 Å². The van der Waals surface area contributed by atoms with Gasteiger partial charge in [0.1, 0.15) is 6.07 Å².